The summed E-state index contributed by atoms with van der Waals surface area (Å²) in [4.78, 5) is 18.2. The van der Waals surface area contributed by atoms with Crippen LogP contribution < -0.4 is 5.32 Å². The van der Waals surface area contributed by atoms with Gasteiger partial charge in [-0.05, 0) is 31.0 Å². The predicted octanol–water partition coefficient (Wildman–Crippen LogP) is 1.59. The maximum atomic E-state index is 9.84. The van der Waals surface area contributed by atoms with Gasteiger partial charge < -0.3 is 25.4 Å². The third kappa shape index (κ3) is 10.4. The number of aliphatic hydroxyl groups is 1. The molecule has 0 saturated carbocycles. The van der Waals surface area contributed by atoms with E-state index >= 15 is 0 Å². The molecule has 0 spiro atoms. The highest BCUT2D eigenvalue weighted by molar-refractivity contribution is 6.27. The van der Waals surface area contributed by atoms with E-state index < -0.39 is 18.0 Å². The minimum absolute atomic E-state index is 0.0660. The molecule has 7 nitrogen and oxygen atoms in total. The van der Waals surface area contributed by atoms with Gasteiger partial charge in [-0.25, -0.2) is 9.59 Å². The largest absolute Gasteiger partial charge is 0.473 e. The molecule has 2 rings (SSSR count). The first-order valence-electron chi connectivity index (χ1n) is 8.90. The van der Waals surface area contributed by atoms with Gasteiger partial charge in [-0.1, -0.05) is 60.7 Å². The van der Waals surface area contributed by atoms with Crippen molar-refractivity contribution in [3.8, 4) is 0 Å². The van der Waals surface area contributed by atoms with Crippen LogP contribution in [0.2, 0.25) is 0 Å². The van der Waals surface area contributed by atoms with Crippen molar-refractivity contribution in [2.45, 2.75) is 25.0 Å². The molecule has 0 aliphatic rings. The van der Waals surface area contributed by atoms with Gasteiger partial charge in [0.25, 0.3) is 0 Å². The van der Waals surface area contributed by atoms with Crippen molar-refractivity contribution in [2.75, 3.05) is 20.2 Å². The number of aliphatic hydroxyl groups excluding tert-OH is 1. The molecule has 4 N–H and O–H groups in total. The van der Waals surface area contributed by atoms with Gasteiger partial charge >= 0.3 is 11.9 Å². The number of carbonyl (C=O) groups is 2. The Balaban J connectivity index is 0.000000568. The highest BCUT2D eigenvalue weighted by Gasteiger charge is 2.14. The van der Waals surface area contributed by atoms with Crippen LogP contribution in [0.4, 0.5) is 0 Å². The number of rotatable bonds is 9. The molecule has 0 amide bonds. The monoisotopic (exact) mass is 389 g/mol. The average Bonchev–Trinajstić information content (AvgIpc) is 2.68. The van der Waals surface area contributed by atoms with Gasteiger partial charge in [-0.2, -0.15) is 0 Å². The lowest BCUT2D eigenvalue weighted by molar-refractivity contribution is -0.159. The van der Waals surface area contributed by atoms with Crippen LogP contribution in [0.5, 0.6) is 0 Å². The Hall–Kier alpha value is -2.74. The number of benzene rings is 2. The molecule has 0 aliphatic heterocycles. The zero-order valence-electron chi connectivity index (χ0n) is 15.8. The average molecular weight is 389 g/mol. The Morgan fingerprint density at radius 3 is 1.68 bits per heavy atom. The van der Waals surface area contributed by atoms with E-state index in [1.54, 1.807) is 0 Å². The third-order valence-electron chi connectivity index (χ3n) is 3.76. The van der Waals surface area contributed by atoms with Gasteiger partial charge in [-0.3, -0.25) is 0 Å². The molecule has 0 saturated heterocycles. The van der Waals surface area contributed by atoms with E-state index in [0.717, 1.165) is 12.8 Å². The summed E-state index contributed by atoms with van der Waals surface area (Å²) in [7, 11) is 1.83. The Labute approximate surface area is 164 Å². The van der Waals surface area contributed by atoms with E-state index in [-0.39, 0.29) is 6.10 Å². The summed E-state index contributed by atoms with van der Waals surface area (Å²) in [5, 5.41) is 27.6. The number of aliphatic carboxylic acids is 2. The third-order valence-corrected chi connectivity index (χ3v) is 3.76. The molecule has 7 heteroatoms. The summed E-state index contributed by atoms with van der Waals surface area (Å²) in [5.74, 6) is -3.65. The van der Waals surface area contributed by atoms with E-state index in [0.29, 0.717) is 13.2 Å². The molecule has 1 atom stereocenters. The maximum absolute atomic E-state index is 9.84. The van der Waals surface area contributed by atoms with E-state index in [1.807, 2.05) is 43.4 Å². The normalized spacial score (nSPS) is 11.4. The zero-order chi connectivity index (χ0) is 20.8. The molecule has 28 heavy (non-hydrogen) atoms. The molecule has 152 valence electrons. The van der Waals surface area contributed by atoms with Gasteiger partial charge in [0.1, 0.15) is 0 Å². The molecule has 0 aromatic heterocycles. The van der Waals surface area contributed by atoms with E-state index in [4.69, 9.17) is 24.5 Å². The van der Waals surface area contributed by atoms with E-state index in [2.05, 4.69) is 29.6 Å². The number of likely N-dealkylation sites (N-methyl/N-ethyl adjacent to an activating group) is 1. The molecule has 0 aliphatic carbocycles. The van der Waals surface area contributed by atoms with E-state index in [1.165, 1.54) is 11.1 Å². The number of nitrogens with one attached hydrogen (secondary N) is 1. The van der Waals surface area contributed by atoms with Crippen molar-refractivity contribution < 1.29 is 29.6 Å². The lowest BCUT2D eigenvalue weighted by Crippen LogP contribution is -2.31. The second-order valence-electron chi connectivity index (χ2n) is 6.16. The highest BCUT2D eigenvalue weighted by atomic mass is 16.5. The minimum Gasteiger partial charge on any atom is -0.473 e. The smallest absolute Gasteiger partial charge is 0.414 e. The molecule has 0 heterocycles. The number of ether oxygens (including phenoxy) is 1. The van der Waals surface area contributed by atoms with Crippen molar-refractivity contribution in [2.24, 2.45) is 0 Å². The Morgan fingerprint density at radius 1 is 0.893 bits per heavy atom. The van der Waals surface area contributed by atoms with Crippen LogP contribution >= 0.6 is 0 Å². The molecule has 0 bridgehead atoms. The summed E-state index contributed by atoms with van der Waals surface area (Å²) >= 11 is 0. The van der Waals surface area contributed by atoms with Crippen molar-refractivity contribution >= 4 is 11.9 Å². The van der Waals surface area contributed by atoms with Crippen LogP contribution in [-0.4, -0.2) is 59.7 Å². The molecular weight excluding hydrogens is 362 g/mol. The zero-order valence-corrected chi connectivity index (χ0v) is 15.8. The second kappa shape index (κ2) is 13.4. The van der Waals surface area contributed by atoms with Crippen LogP contribution in [0.25, 0.3) is 0 Å². The molecule has 2 aromatic rings. The first-order valence-corrected chi connectivity index (χ1v) is 8.90. The maximum Gasteiger partial charge on any atom is 0.414 e. The Kier molecular flexibility index (Phi) is 11.2. The first-order chi connectivity index (χ1) is 13.4. The van der Waals surface area contributed by atoms with Gasteiger partial charge in [0.2, 0.25) is 0 Å². The van der Waals surface area contributed by atoms with Crippen LogP contribution in [0.3, 0.4) is 0 Å². The first kappa shape index (κ1) is 23.3. The number of hydrogen-bond donors (Lipinski definition) is 4. The minimum atomic E-state index is -1.82. The topological polar surface area (TPSA) is 116 Å². The van der Waals surface area contributed by atoms with E-state index in [9.17, 15) is 5.11 Å². The lowest BCUT2D eigenvalue weighted by Gasteiger charge is -2.20. The van der Waals surface area contributed by atoms with Crippen LogP contribution in [-0.2, 0) is 27.2 Å². The number of hydrogen-bond acceptors (Lipinski definition) is 5. The fourth-order valence-electron chi connectivity index (χ4n) is 2.49. The van der Waals surface area contributed by atoms with Crippen LogP contribution in [0, 0.1) is 0 Å². The fraction of sp³-hybridized carbons (Fsp3) is 0.333. The molecule has 0 radical (unpaired) electrons. The summed E-state index contributed by atoms with van der Waals surface area (Å²) in [6, 6.07) is 20.7. The highest BCUT2D eigenvalue weighted by Crippen LogP contribution is 2.12. The van der Waals surface area contributed by atoms with Crippen molar-refractivity contribution in [1.82, 2.24) is 5.32 Å². The van der Waals surface area contributed by atoms with Gasteiger partial charge in [0, 0.05) is 6.54 Å². The fourth-order valence-corrected chi connectivity index (χ4v) is 2.49. The summed E-state index contributed by atoms with van der Waals surface area (Å²) in [6.45, 7) is 0.897. The molecule has 1 unspecified atom stereocenters. The Morgan fingerprint density at radius 2 is 1.32 bits per heavy atom. The Bertz CT molecular complexity index is 639. The standard InChI is InChI=1S/C19H25NO2.C2H2O4/c1-20-14-18(21)15-22-19(12-16-8-4-2-5-9-16)13-17-10-6-3-7-11-17;3-1(4)2(5)6/h2-11,18-21H,12-15H2,1H3;(H,3,4)(H,5,6). The summed E-state index contributed by atoms with van der Waals surface area (Å²) in [5.41, 5.74) is 2.51. The summed E-state index contributed by atoms with van der Waals surface area (Å²) in [6.07, 6.45) is 1.29. The number of carboxylic acids is 2. The molecule has 0 fully saturated rings. The quantitative estimate of drug-likeness (QED) is 0.481. The molecular formula is C21H27NO6. The van der Waals surface area contributed by atoms with Crippen molar-refractivity contribution in [1.29, 1.82) is 0 Å². The van der Waals surface area contributed by atoms with Gasteiger partial charge in [0.05, 0.1) is 18.8 Å². The van der Waals surface area contributed by atoms with Crippen LogP contribution in [0.15, 0.2) is 60.7 Å². The number of carboxylic acid groups (broad SMARTS) is 2. The van der Waals surface area contributed by atoms with Crippen molar-refractivity contribution in [3.05, 3.63) is 71.8 Å². The predicted molar refractivity (Wildman–Crippen MR) is 105 cm³/mol. The molecule has 2 aromatic carbocycles. The SMILES string of the molecule is CNCC(O)COC(Cc1ccccc1)Cc1ccccc1.O=C(O)C(=O)O. The lowest BCUT2D eigenvalue weighted by atomic mass is 10.0. The van der Waals surface area contributed by atoms with Crippen LogP contribution in [0.1, 0.15) is 11.1 Å². The van der Waals surface area contributed by atoms with Gasteiger partial charge in [-0.15, -0.1) is 0 Å². The van der Waals surface area contributed by atoms with Crippen molar-refractivity contribution in [3.63, 3.8) is 0 Å². The second-order valence-corrected chi connectivity index (χ2v) is 6.16. The summed E-state index contributed by atoms with van der Waals surface area (Å²) < 4.78 is 5.97. The van der Waals surface area contributed by atoms with Gasteiger partial charge in [0.15, 0.2) is 0 Å².